The van der Waals surface area contributed by atoms with E-state index in [1.165, 1.54) is 5.56 Å². The van der Waals surface area contributed by atoms with Gasteiger partial charge in [0.05, 0.1) is 10.6 Å². The second-order valence-corrected chi connectivity index (χ2v) is 9.89. The van der Waals surface area contributed by atoms with E-state index in [9.17, 15) is 8.42 Å². The maximum Gasteiger partial charge on any atom is 0.261 e. The van der Waals surface area contributed by atoms with Gasteiger partial charge in [-0.15, -0.1) is 0 Å². The molecule has 0 fully saturated rings. The predicted molar refractivity (Wildman–Crippen MR) is 136 cm³/mol. The summed E-state index contributed by atoms with van der Waals surface area (Å²) < 4.78 is 34.1. The Bertz CT molecular complexity index is 1440. The van der Waals surface area contributed by atoms with Crippen molar-refractivity contribution in [2.24, 2.45) is 4.99 Å². The minimum absolute atomic E-state index is 0.235. The lowest BCUT2D eigenvalue weighted by atomic mass is 9.93. The highest BCUT2D eigenvalue weighted by atomic mass is 32.2. The van der Waals surface area contributed by atoms with E-state index in [0.29, 0.717) is 12.2 Å². The summed E-state index contributed by atoms with van der Waals surface area (Å²) >= 11 is 0. The molecule has 0 amide bonds. The van der Waals surface area contributed by atoms with E-state index in [1.807, 2.05) is 61.5 Å². The van der Waals surface area contributed by atoms with Crippen LogP contribution in [0.5, 0.6) is 11.5 Å². The van der Waals surface area contributed by atoms with Gasteiger partial charge in [0, 0.05) is 23.4 Å². The Hall–Kier alpha value is -3.90. The van der Waals surface area contributed by atoms with Crippen LogP contribution in [0.2, 0.25) is 0 Å². The van der Waals surface area contributed by atoms with Crippen molar-refractivity contribution in [1.29, 1.82) is 0 Å². The fraction of sp³-hybridized carbons (Fsp3) is 0.107. The van der Waals surface area contributed by atoms with Crippen LogP contribution < -0.4 is 9.46 Å². The van der Waals surface area contributed by atoms with Crippen LogP contribution in [-0.4, -0.2) is 20.7 Å². The van der Waals surface area contributed by atoms with Crippen LogP contribution in [0.3, 0.4) is 0 Å². The first-order chi connectivity index (χ1) is 16.5. The van der Waals surface area contributed by atoms with Crippen LogP contribution in [0.4, 0.5) is 5.69 Å². The third kappa shape index (κ3) is 4.72. The van der Waals surface area contributed by atoms with E-state index in [-0.39, 0.29) is 4.90 Å². The number of hydrogen-bond donors (Lipinski definition) is 1. The van der Waals surface area contributed by atoms with Gasteiger partial charge in [0.15, 0.2) is 0 Å². The largest absolute Gasteiger partial charge is 0.457 e. The van der Waals surface area contributed by atoms with Crippen molar-refractivity contribution in [2.45, 2.75) is 18.2 Å². The molecule has 4 aromatic carbocycles. The summed E-state index contributed by atoms with van der Waals surface area (Å²) in [5.74, 6) is 1.53. The Labute approximate surface area is 199 Å². The molecule has 0 aliphatic carbocycles. The molecule has 4 aromatic rings. The number of nitrogens with one attached hydrogen (secondary N) is 1. The number of aliphatic imine (C=N–C) groups is 1. The highest BCUT2D eigenvalue weighted by Crippen LogP contribution is 2.28. The van der Waals surface area contributed by atoms with Crippen LogP contribution in [0.25, 0.3) is 0 Å². The van der Waals surface area contributed by atoms with Gasteiger partial charge in [-0.25, -0.2) is 8.42 Å². The lowest BCUT2D eigenvalue weighted by Gasteiger charge is -2.19. The Morgan fingerprint density at radius 2 is 1.56 bits per heavy atom. The highest BCUT2D eigenvalue weighted by Gasteiger charge is 2.18. The van der Waals surface area contributed by atoms with Gasteiger partial charge < -0.3 is 4.74 Å². The average Bonchev–Trinajstić information content (AvgIpc) is 2.85. The summed E-state index contributed by atoms with van der Waals surface area (Å²) in [6.07, 6.45) is 0.874. The van der Waals surface area contributed by atoms with Gasteiger partial charge in [-0.05, 0) is 67.4 Å². The number of benzene rings is 4. The molecule has 1 N–H and O–H groups in total. The van der Waals surface area contributed by atoms with Crippen LogP contribution in [0, 0.1) is 6.92 Å². The Kier molecular flexibility index (Phi) is 5.90. The molecule has 170 valence electrons. The predicted octanol–water partition coefficient (Wildman–Crippen LogP) is 5.98. The van der Waals surface area contributed by atoms with E-state index in [0.717, 1.165) is 40.3 Å². The van der Waals surface area contributed by atoms with E-state index in [4.69, 9.17) is 9.73 Å². The molecule has 0 bridgehead atoms. The van der Waals surface area contributed by atoms with Crippen LogP contribution >= 0.6 is 0 Å². The van der Waals surface area contributed by atoms with Gasteiger partial charge in [0.2, 0.25) is 0 Å². The minimum Gasteiger partial charge on any atom is -0.457 e. The quantitative estimate of drug-likeness (QED) is 0.378. The first kappa shape index (κ1) is 21.9. The maximum absolute atomic E-state index is 12.7. The SMILES string of the molecule is Cc1ccc(S(=O)(=O)Nc2ccc(C3=NCCc4ccc(Oc5ccccc5)cc43)cc2)cc1. The van der Waals surface area contributed by atoms with E-state index in [2.05, 4.69) is 10.8 Å². The number of rotatable bonds is 6. The fourth-order valence-electron chi connectivity index (χ4n) is 3.93. The highest BCUT2D eigenvalue weighted by molar-refractivity contribution is 7.92. The molecule has 0 saturated heterocycles. The Morgan fingerprint density at radius 1 is 0.824 bits per heavy atom. The fourth-order valence-corrected chi connectivity index (χ4v) is 4.99. The van der Waals surface area contributed by atoms with Gasteiger partial charge in [0.1, 0.15) is 11.5 Å². The first-order valence-corrected chi connectivity index (χ1v) is 12.6. The first-order valence-electron chi connectivity index (χ1n) is 11.1. The second kappa shape index (κ2) is 9.15. The molecule has 5 nitrogen and oxygen atoms in total. The standard InChI is InChI=1S/C28H24N2O3S/c1-20-7-15-26(16-8-20)34(31,32)30-23-12-9-22(10-13-23)28-27-19-25(14-11-21(27)17-18-29-28)33-24-5-3-2-4-6-24/h2-16,19,30H,17-18H2,1H3. The molecule has 0 unspecified atom stereocenters. The smallest absolute Gasteiger partial charge is 0.261 e. The zero-order valence-corrected chi connectivity index (χ0v) is 19.5. The third-order valence-corrected chi connectivity index (χ3v) is 7.11. The topological polar surface area (TPSA) is 67.8 Å². The molecule has 1 aliphatic heterocycles. The Balaban J connectivity index is 1.38. The Morgan fingerprint density at radius 3 is 2.29 bits per heavy atom. The molecule has 6 heteroatoms. The van der Waals surface area contributed by atoms with Gasteiger partial charge in [-0.3, -0.25) is 9.71 Å². The lowest BCUT2D eigenvalue weighted by Crippen LogP contribution is -2.15. The summed E-state index contributed by atoms with van der Waals surface area (Å²) in [4.78, 5) is 5.01. The average molecular weight is 469 g/mol. The molecule has 0 spiro atoms. The van der Waals surface area contributed by atoms with Crippen LogP contribution in [-0.2, 0) is 16.4 Å². The van der Waals surface area contributed by atoms with Crippen molar-refractivity contribution in [1.82, 2.24) is 0 Å². The summed E-state index contributed by atoms with van der Waals surface area (Å²) in [7, 11) is -3.65. The van der Waals surface area contributed by atoms with Gasteiger partial charge in [0.25, 0.3) is 10.0 Å². The summed E-state index contributed by atoms with van der Waals surface area (Å²) in [6.45, 7) is 2.63. The number of fused-ring (bicyclic) bond motifs is 1. The normalized spacial score (nSPS) is 13.0. The molecule has 0 atom stereocenters. The number of anilines is 1. The van der Waals surface area contributed by atoms with E-state index >= 15 is 0 Å². The summed E-state index contributed by atoms with van der Waals surface area (Å²) in [5, 5.41) is 0. The molecule has 34 heavy (non-hydrogen) atoms. The molecule has 0 saturated carbocycles. The monoisotopic (exact) mass is 468 g/mol. The van der Waals surface area contributed by atoms with Gasteiger partial charge in [-0.2, -0.15) is 0 Å². The van der Waals surface area contributed by atoms with Crippen molar-refractivity contribution in [3.8, 4) is 11.5 Å². The molecule has 5 rings (SSSR count). The number of ether oxygens (including phenoxy) is 1. The number of sulfonamides is 1. The number of aryl methyl sites for hydroxylation is 1. The lowest BCUT2D eigenvalue weighted by molar-refractivity contribution is 0.482. The molecular weight excluding hydrogens is 444 g/mol. The molecular formula is C28H24N2O3S. The molecule has 1 aliphatic rings. The van der Waals surface area contributed by atoms with Gasteiger partial charge >= 0.3 is 0 Å². The summed E-state index contributed by atoms with van der Waals surface area (Å²) in [6, 6.07) is 29.9. The number of para-hydroxylation sites is 1. The van der Waals surface area contributed by atoms with E-state index in [1.54, 1.807) is 36.4 Å². The van der Waals surface area contributed by atoms with Crippen molar-refractivity contribution in [3.63, 3.8) is 0 Å². The van der Waals surface area contributed by atoms with Gasteiger partial charge in [-0.1, -0.05) is 54.1 Å². The zero-order chi connectivity index (χ0) is 23.5. The molecule has 0 radical (unpaired) electrons. The van der Waals surface area contributed by atoms with Crippen LogP contribution in [0.1, 0.15) is 22.3 Å². The number of nitrogens with zero attached hydrogens (tertiary/aromatic N) is 1. The van der Waals surface area contributed by atoms with Crippen molar-refractivity contribution >= 4 is 21.4 Å². The van der Waals surface area contributed by atoms with Crippen molar-refractivity contribution < 1.29 is 13.2 Å². The third-order valence-electron chi connectivity index (χ3n) is 5.71. The summed E-state index contributed by atoms with van der Waals surface area (Å²) in [5.41, 5.74) is 5.57. The number of hydrogen-bond acceptors (Lipinski definition) is 4. The molecule has 1 heterocycles. The zero-order valence-electron chi connectivity index (χ0n) is 18.7. The van der Waals surface area contributed by atoms with Crippen molar-refractivity contribution in [3.05, 3.63) is 119 Å². The van der Waals surface area contributed by atoms with E-state index < -0.39 is 10.0 Å². The van der Waals surface area contributed by atoms with Crippen molar-refractivity contribution in [2.75, 3.05) is 11.3 Å². The second-order valence-electron chi connectivity index (χ2n) is 8.21. The molecule has 0 aromatic heterocycles. The van der Waals surface area contributed by atoms with Crippen LogP contribution in [0.15, 0.2) is 107 Å². The maximum atomic E-state index is 12.7. The minimum atomic E-state index is -3.65.